The number of hydrogen-bond donors (Lipinski definition) is 2. The summed E-state index contributed by atoms with van der Waals surface area (Å²) in [5, 5.41) is 3.16. The van der Waals surface area contributed by atoms with Gasteiger partial charge in [0.05, 0.1) is 29.9 Å². The van der Waals surface area contributed by atoms with Crippen LogP contribution in [0.5, 0.6) is 0 Å². The SMILES string of the molecule is CNCC(C)(C)C(=O)N1CC[C@](C)(N2CCc3c(-c4cnc(N)nc4)nc(N4CCOCC4)nc32)C1. The first-order valence-electron chi connectivity index (χ1n) is 12.7. The molecule has 0 aromatic carbocycles. The number of nitrogen functional groups attached to an aromatic ring is 1. The largest absolute Gasteiger partial charge is 0.378 e. The second-order valence-electron chi connectivity index (χ2n) is 10.9. The van der Waals surface area contributed by atoms with Gasteiger partial charge in [-0.1, -0.05) is 0 Å². The Bertz CT molecular complexity index is 1120. The first-order valence-corrected chi connectivity index (χ1v) is 12.7. The van der Waals surface area contributed by atoms with Crippen molar-refractivity contribution in [3.63, 3.8) is 0 Å². The standard InChI is InChI=1S/C25H37N9O2/c1-24(2,15-27-4)21(35)33-8-6-25(3,16-33)34-7-5-18-19(17-13-28-22(26)29-14-17)30-23(31-20(18)34)32-9-11-36-12-10-32/h13-14,27H,5-12,15-16H2,1-4H3,(H2,26,28,29)/t25-/m0/s1. The van der Waals surface area contributed by atoms with Gasteiger partial charge < -0.3 is 30.5 Å². The Morgan fingerprint density at radius 1 is 1.17 bits per heavy atom. The average molecular weight is 496 g/mol. The minimum Gasteiger partial charge on any atom is -0.378 e. The highest BCUT2D eigenvalue weighted by Gasteiger charge is 2.46. The number of carbonyl (C=O) groups excluding carboxylic acids is 1. The Morgan fingerprint density at radius 2 is 1.89 bits per heavy atom. The second-order valence-corrected chi connectivity index (χ2v) is 10.9. The summed E-state index contributed by atoms with van der Waals surface area (Å²) in [5.41, 5.74) is 7.89. The van der Waals surface area contributed by atoms with Gasteiger partial charge in [-0.2, -0.15) is 4.98 Å². The molecule has 194 valence electrons. The first-order chi connectivity index (χ1) is 17.2. The van der Waals surface area contributed by atoms with Gasteiger partial charge in [-0.15, -0.1) is 0 Å². The quantitative estimate of drug-likeness (QED) is 0.598. The number of nitrogens with one attached hydrogen (secondary N) is 1. The van der Waals surface area contributed by atoms with Crippen molar-refractivity contribution in [2.24, 2.45) is 5.41 Å². The molecule has 0 spiro atoms. The van der Waals surface area contributed by atoms with Gasteiger partial charge >= 0.3 is 0 Å². The highest BCUT2D eigenvalue weighted by Crippen LogP contribution is 2.42. The zero-order valence-corrected chi connectivity index (χ0v) is 21.8. The molecule has 11 nitrogen and oxygen atoms in total. The monoisotopic (exact) mass is 495 g/mol. The molecule has 2 saturated heterocycles. The summed E-state index contributed by atoms with van der Waals surface area (Å²) < 4.78 is 5.56. The molecule has 3 aliphatic rings. The fraction of sp³-hybridized carbons (Fsp3) is 0.640. The van der Waals surface area contributed by atoms with E-state index in [-0.39, 0.29) is 17.4 Å². The van der Waals surface area contributed by atoms with Gasteiger partial charge in [0.2, 0.25) is 17.8 Å². The summed E-state index contributed by atoms with van der Waals surface area (Å²) in [7, 11) is 1.89. The van der Waals surface area contributed by atoms with Gasteiger partial charge in [0, 0.05) is 62.8 Å². The van der Waals surface area contributed by atoms with Crippen molar-refractivity contribution >= 4 is 23.6 Å². The van der Waals surface area contributed by atoms with E-state index in [0.29, 0.717) is 32.3 Å². The van der Waals surface area contributed by atoms with E-state index in [9.17, 15) is 4.79 Å². The van der Waals surface area contributed by atoms with Crippen LogP contribution >= 0.6 is 0 Å². The van der Waals surface area contributed by atoms with Crippen LogP contribution < -0.4 is 20.9 Å². The van der Waals surface area contributed by atoms with Crippen molar-refractivity contribution in [3.05, 3.63) is 18.0 Å². The van der Waals surface area contributed by atoms with Gasteiger partial charge in [-0.05, 0) is 40.7 Å². The van der Waals surface area contributed by atoms with Gasteiger partial charge in [0.1, 0.15) is 5.82 Å². The molecule has 0 aliphatic carbocycles. The van der Waals surface area contributed by atoms with Crippen LogP contribution in [0.1, 0.15) is 32.8 Å². The van der Waals surface area contributed by atoms with Crippen molar-refractivity contribution < 1.29 is 9.53 Å². The normalized spacial score (nSPS) is 22.3. The minimum absolute atomic E-state index is 0.191. The summed E-state index contributed by atoms with van der Waals surface area (Å²) in [5.74, 6) is 2.07. The van der Waals surface area contributed by atoms with Crippen LogP contribution in [0.3, 0.4) is 0 Å². The number of ether oxygens (including phenoxy) is 1. The average Bonchev–Trinajstić information content (AvgIpc) is 3.49. The maximum absolute atomic E-state index is 13.3. The predicted molar refractivity (Wildman–Crippen MR) is 139 cm³/mol. The van der Waals surface area contributed by atoms with Crippen molar-refractivity contribution in [1.82, 2.24) is 30.2 Å². The Hall–Kier alpha value is -3.05. The fourth-order valence-corrected chi connectivity index (χ4v) is 5.66. The second kappa shape index (κ2) is 9.44. The van der Waals surface area contributed by atoms with Crippen LogP contribution in [-0.4, -0.2) is 95.8 Å². The van der Waals surface area contributed by atoms with Gasteiger partial charge in [-0.25, -0.2) is 15.0 Å². The fourth-order valence-electron chi connectivity index (χ4n) is 5.66. The first kappa shape index (κ1) is 24.6. The molecule has 2 aromatic heterocycles. The van der Waals surface area contributed by atoms with Gasteiger partial charge in [0.15, 0.2) is 0 Å². The van der Waals surface area contributed by atoms with Crippen molar-refractivity contribution in [2.75, 3.05) is 75.1 Å². The molecule has 1 atom stereocenters. The molecular formula is C25H37N9O2. The lowest BCUT2D eigenvalue weighted by atomic mass is 9.91. The molecule has 36 heavy (non-hydrogen) atoms. The van der Waals surface area contributed by atoms with E-state index in [0.717, 1.165) is 61.7 Å². The number of carbonyl (C=O) groups is 1. The molecule has 0 saturated carbocycles. The highest BCUT2D eigenvalue weighted by atomic mass is 16.5. The molecular weight excluding hydrogens is 458 g/mol. The number of morpholine rings is 1. The molecule has 2 aromatic rings. The number of likely N-dealkylation sites (tertiary alicyclic amines) is 1. The van der Waals surface area contributed by atoms with Crippen LogP contribution in [0, 0.1) is 5.41 Å². The van der Waals surface area contributed by atoms with E-state index < -0.39 is 5.41 Å². The third-order valence-electron chi connectivity index (χ3n) is 7.64. The maximum Gasteiger partial charge on any atom is 0.229 e. The molecule has 5 heterocycles. The number of anilines is 3. The number of fused-ring (bicyclic) bond motifs is 1. The predicted octanol–water partition coefficient (Wildman–Crippen LogP) is 0.952. The smallest absolute Gasteiger partial charge is 0.229 e. The van der Waals surface area contributed by atoms with Gasteiger partial charge in [0.25, 0.3) is 0 Å². The van der Waals surface area contributed by atoms with Crippen LogP contribution in [0.2, 0.25) is 0 Å². The molecule has 0 unspecified atom stereocenters. The van der Waals surface area contributed by atoms with E-state index in [1.54, 1.807) is 12.4 Å². The number of aromatic nitrogens is 4. The highest BCUT2D eigenvalue weighted by molar-refractivity contribution is 5.83. The van der Waals surface area contributed by atoms with Crippen LogP contribution in [0.25, 0.3) is 11.3 Å². The molecule has 0 bridgehead atoms. The Kier molecular flexibility index (Phi) is 6.46. The third kappa shape index (κ3) is 4.45. The maximum atomic E-state index is 13.3. The molecule has 3 N–H and O–H groups in total. The Morgan fingerprint density at radius 3 is 2.58 bits per heavy atom. The minimum atomic E-state index is -0.448. The van der Waals surface area contributed by atoms with Crippen molar-refractivity contribution in [3.8, 4) is 11.3 Å². The summed E-state index contributed by atoms with van der Waals surface area (Å²) in [6, 6.07) is 0. The Labute approximate surface area is 212 Å². The van der Waals surface area contributed by atoms with Crippen molar-refractivity contribution in [2.45, 2.75) is 39.2 Å². The lowest BCUT2D eigenvalue weighted by molar-refractivity contribution is -0.139. The molecule has 1 amide bonds. The third-order valence-corrected chi connectivity index (χ3v) is 7.64. The Balaban J connectivity index is 1.49. The molecule has 11 heteroatoms. The van der Waals surface area contributed by atoms with Crippen LogP contribution in [0.15, 0.2) is 12.4 Å². The summed E-state index contributed by atoms with van der Waals surface area (Å²) in [6.45, 7) is 12.0. The lowest BCUT2D eigenvalue weighted by Crippen LogP contribution is -2.51. The summed E-state index contributed by atoms with van der Waals surface area (Å²) in [4.78, 5) is 38.4. The number of nitrogens with zero attached hydrogens (tertiary/aromatic N) is 7. The van der Waals surface area contributed by atoms with E-state index >= 15 is 0 Å². The molecule has 2 fully saturated rings. The van der Waals surface area contributed by atoms with Crippen LogP contribution in [0.4, 0.5) is 17.7 Å². The zero-order valence-electron chi connectivity index (χ0n) is 21.8. The van der Waals surface area contributed by atoms with E-state index in [1.807, 2.05) is 25.8 Å². The number of nitrogens with two attached hydrogens (primary N) is 1. The summed E-state index contributed by atoms with van der Waals surface area (Å²) in [6.07, 6.45) is 5.19. The van der Waals surface area contributed by atoms with Crippen LogP contribution in [-0.2, 0) is 16.0 Å². The van der Waals surface area contributed by atoms with E-state index in [1.165, 1.54) is 0 Å². The van der Waals surface area contributed by atoms with E-state index in [2.05, 4.69) is 32.0 Å². The van der Waals surface area contributed by atoms with Crippen molar-refractivity contribution in [1.29, 1.82) is 0 Å². The number of amides is 1. The molecule has 5 rings (SSSR count). The zero-order chi connectivity index (χ0) is 25.5. The number of rotatable bonds is 6. The number of hydrogen-bond acceptors (Lipinski definition) is 10. The molecule has 0 radical (unpaired) electrons. The van der Waals surface area contributed by atoms with Gasteiger partial charge in [-0.3, -0.25) is 4.79 Å². The van der Waals surface area contributed by atoms with E-state index in [4.69, 9.17) is 20.4 Å². The lowest BCUT2D eigenvalue weighted by Gasteiger charge is -2.38. The topological polar surface area (TPSA) is 126 Å². The summed E-state index contributed by atoms with van der Waals surface area (Å²) >= 11 is 0. The molecule has 3 aliphatic heterocycles.